The fourth-order valence-corrected chi connectivity index (χ4v) is 1.04. The van der Waals surface area contributed by atoms with Gasteiger partial charge in [0.05, 0.1) is 6.42 Å². The molecule has 4 heteroatoms. The van der Waals surface area contributed by atoms with Crippen LogP contribution in [0.1, 0.15) is 19.3 Å². The summed E-state index contributed by atoms with van der Waals surface area (Å²) in [6.07, 6.45) is 3.16. The van der Waals surface area contributed by atoms with Crippen molar-refractivity contribution in [3.8, 4) is 0 Å². The monoisotopic (exact) mass is 169 g/mol. The van der Waals surface area contributed by atoms with Gasteiger partial charge in [-0.3, -0.25) is 14.9 Å². The maximum Gasteiger partial charge on any atom is 0.253 e. The summed E-state index contributed by atoms with van der Waals surface area (Å²) in [6.45, 7) is 0.110. The van der Waals surface area contributed by atoms with E-state index in [-0.39, 0.29) is 24.8 Å². The van der Waals surface area contributed by atoms with Gasteiger partial charge in [-0.1, -0.05) is 6.08 Å². The molecule has 0 unspecified atom stereocenters. The van der Waals surface area contributed by atoms with E-state index in [9.17, 15) is 9.59 Å². The lowest BCUT2D eigenvalue weighted by molar-refractivity contribution is -0.124. The second-order valence-electron chi connectivity index (χ2n) is 2.65. The first-order valence-electron chi connectivity index (χ1n) is 3.88. The number of hydrogen-bond donors (Lipinski definition) is 2. The van der Waals surface area contributed by atoms with Gasteiger partial charge in [-0.05, 0) is 12.8 Å². The van der Waals surface area contributed by atoms with Crippen LogP contribution in [-0.4, -0.2) is 23.5 Å². The highest BCUT2D eigenvalue weighted by molar-refractivity contribution is 6.13. The fraction of sp³-hybridized carbons (Fsp3) is 0.500. The quantitative estimate of drug-likeness (QED) is 0.347. The Balaban J connectivity index is 2.46. The number of nitrogens with one attached hydrogen (secondary N) is 1. The third-order valence-electron chi connectivity index (χ3n) is 1.65. The van der Waals surface area contributed by atoms with Crippen LogP contribution in [0.3, 0.4) is 0 Å². The van der Waals surface area contributed by atoms with Gasteiger partial charge in [0.15, 0.2) is 0 Å². The lowest BCUT2D eigenvalue weighted by atomic mass is 10.1. The Labute approximate surface area is 70.3 Å². The Morgan fingerprint density at radius 1 is 1.50 bits per heavy atom. The minimum atomic E-state index is -0.294. The van der Waals surface area contributed by atoms with E-state index in [1.165, 1.54) is 0 Å². The van der Waals surface area contributed by atoms with Gasteiger partial charge in [-0.15, -0.1) is 0 Å². The molecule has 0 spiro atoms. The third kappa shape index (κ3) is 2.17. The van der Waals surface area contributed by atoms with Crippen LogP contribution in [0.4, 0.5) is 0 Å². The molecule has 1 aliphatic rings. The summed E-state index contributed by atoms with van der Waals surface area (Å²) in [5.74, 6) is -0.534. The molecule has 0 aliphatic carbocycles. The summed E-state index contributed by atoms with van der Waals surface area (Å²) < 4.78 is 0. The van der Waals surface area contributed by atoms with Crippen molar-refractivity contribution in [2.75, 3.05) is 6.61 Å². The van der Waals surface area contributed by atoms with Crippen LogP contribution in [0, 0.1) is 0 Å². The number of rotatable bonds is 3. The molecule has 66 valence electrons. The van der Waals surface area contributed by atoms with Crippen LogP contribution in [-0.2, 0) is 9.59 Å². The lowest BCUT2D eigenvalue weighted by Crippen LogP contribution is -2.19. The first-order valence-corrected chi connectivity index (χ1v) is 3.88. The first-order chi connectivity index (χ1) is 5.74. The zero-order chi connectivity index (χ0) is 8.97. The highest BCUT2D eigenvalue weighted by Crippen LogP contribution is 2.10. The molecule has 0 bridgehead atoms. The Morgan fingerprint density at radius 2 is 2.25 bits per heavy atom. The molecule has 0 aromatic heterocycles. The number of carbonyl (C=O) groups is 2. The molecule has 0 aromatic rings. The molecule has 1 saturated heterocycles. The van der Waals surface area contributed by atoms with Crippen LogP contribution in [0.5, 0.6) is 0 Å². The van der Waals surface area contributed by atoms with Gasteiger partial charge in [-0.2, -0.15) is 0 Å². The molecule has 1 heterocycles. The van der Waals surface area contributed by atoms with Crippen LogP contribution < -0.4 is 5.32 Å². The average Bonchev–Trinajstić information content (AvgIpc) is 2.31. The van der Waals surface area contributed by atoms with Gasteiger partial charge >= 0.3 is 0 Å². The lowest BCUT2D eigenvalue weighted by Gasteiger charge is -1.91. The maximum atomic E-state index is 10.9. The van der Waals surface area contributed by atoms with Crippen LogP contribution >= 0.6 is 0 Å². The summed E-state index contributed by atoms with van der Waals surface area (Å²) in [4.78, 5) is 21.6. The molecular weight excluding hydrogens is 158 g/mol. The Hall–Kier alpha value is -1.16. The van der Waals surface area contributed by atoms with Crippen molar-refractivity contribution in [2.24, 2.45) is 0 Å². The molecular formula is C8H11NO3. The Kier molecular flexibility index (Phi) is 2.99. The summed E-state index contributed by atoms with van der Waals surface area (Å²) in [6, 6.07) is 0. The fourth-order valence-electron chi connectivity index (χ4n) is 1.04. The van der Waals surface area contributed by atoms with Crippen molar-refractivity contribution < 1.29 is 14.7 Å². The molecule has 0 saturated carbocycles. The van der Waals surface area contributed by atoms with E-state index >= 15 is 0 Å². The van der Waals surface area contributed by atoms with Gasteiger partial charge in [0.1, 0.15) is 0 Å². The molecule has 1 rings (SSSR count). The predicted octanol–water partition coefficient (Wildman–Crippen LogP) is -0.268. The minimum Gasteiger partial charge on any atom is -0.396 e. The van der Waals surface area contributed by atoms with E-state index < -0.39 is 0 Å². The second-order valence-corrected chi connectivity index (χ2v) is 2.65. The van der Waals surface area contributed by atoms with E-state index in [4.69, 9.17) is 5.11 Å². The van der Waals surface area contributed by atoms with Crippen molar-refractivity contribution in [1.82, 2.24) is 5.32 Å². The summed E-state index contributed by atoms with van der Waals surface area (Å²) in [5.41, 5.74) is 0.522. The van der Waals surface area contributed by atoms with E-state index in [1.807, 2.05) is 0 Å². The zero-order valence-corrected chi connectivity index (χ0v) is 6.67. The number of unbranched alkanes of at least 4 members (excludes halogenated alkanes) is 1. The molecule has 0 radical (unpaired) electrons. The largest absolute Gasteiger partial charge is 0.396 e. The van der Waals surface area contributed by atoms with E-state index in [1.54, 1.807) is 6.08 Å². The number of aliphatic hydroxyl groups excluding tert-OH is 1. The molecule has 2 N–H and O–H groups in total. The van der Waals surface area contributed by atoms with Crippen molar-refractivity contribution in [3.05, 3.63) is 11.6 Å². The predicted molar refractivity (Wildman–Crippen MR) is 42.2 cm³/mol. The molecule has 0 aromatic carbocycles. The van der Waals surface area contributed by atoms with Crippen molar-refractivity contribution in [2.45, 2.75) is 19.3 Å². The van der Waals surface area contributed by atoms with E-state index in [0.29, 0.717) is 18.4 Å². The van der Waals surface area contributed by atoms with Crippen molar-refractivity contribution in [3.63, 3.8) is 0 Å². The SMILES string of the molecule is O=C1CC(=CCCCO)C(=O)N1. The Bertz CT molecular complexity index is 232. The van der Waals surface area contributed by atoms with Crippen molar-refractivity contribution >= 4 is 11.8 Å². The zero-order valence-electron chi connectivity index (χ0n) is 6.67. The topological polar surface area (TPSA) is 66.4 Å². The molecule has 2 amide bonds. The van der Waals surface area contributed by atoms with Gasteiger partial charge < -0.3 is 5.11 Å². The van der Waals surface area contributed by atoms with E-state index in [0.717, 1.165) is 0 Å². The highest BCUT2D eigenvalue weighted by Gasteiger charge is 2.22. The normalized spacial score (nSPS) is 20.2. The smallest absolute Gasteiger partial charge is 0.253 e. The minimum absolute atomic E-state index is 0.110. The number of allylic oxidation sites excluding steroid dienone is 1. The van der Waals surface area contributed by atoms with Gasteiger partial charge in [0.25, 0.3) is 5.91 Å². The van der Waals surface area contributed by atoms with E-state index in [2.05, 4.69) is 5.32 Å². The molecule has 1 aliphatic heterocycles. The van der Waals surface area contributed by atoms with Crippen molar-refractivity contribution in [1.29, 1.82) is 0 Å². The highest BCUT2D eigenvalue weighted by atomic mass is 16.3. The van der Waals surface area contributed by atoms with Crippen LogP contribution in [0.25, 0.3) is 0 Å². The second kappa shape index (κ2) is 4.01. The average molecular weight is 169 g/mol. The molecule has 12 heavy (non-hydrogen) atoms. The number of aliphatic hydroxyl groups is 1. The first kappa shape index (κ1) is 8.93. The number of carbonyl (C=O) groups excluding carboxylic acids is 2. The van der Waals surface area contributed by atoms with Crippen LogP contribution in [0.15, 0.2) is 11.6 Å². The van der Waals surface area contributed by atoms with Gasteiger partial charge in [0, 0.05) is 12.2 Å². The molecule has 1 fully saturated rings. The number of imide groups is 1. The Morgan fingerprint density at radius 3 is 2.75 bits per heavy atom. The third-order valence-corrected chi connectivity index (χ3v) is 1.65. The summed E-state index contributed by atoms with van der Waals surface area (Å²) in [5, 5.41) is 10.6. The number of amides is 2. The van der Waals surface area contributed by atoms with Crippen LogP contribution in [0.2, 0.25) is 0 Å². The summed E-state index contributed by atoms with van der Waals surface area (Å²) in [7, 11) is 0. The summed E-state index contributed by atoms with van der Waals surface area (Å²) >= 11 is 0. The van der Waals surface area contributed by atoms with Gasteiger partial charge in [0.2, 0.25) is 5.91 Å². The van der Waals surface area contributed by atoms with Gasteiger partial charge in [-0.25, -0.2) is 0 Å². The molecule has 4 nitrogen and oxygen atoms in total. The number of hydrogen-bond acceptors (Lipinski definition) is 3. The molecule has 0 atom stereocenters. The maximum absolute atomic E-state index is 10.9. The standard InChI is InChI=1S/C8H11NO3/c10-4-2-1-3-6-5-7(11)9-8(6)12/h3,10H,1-2,4-5H2,(H,9,11,12).